The van der Waals surface area contributed by atoms with E-state index in [0.717, 1.165) is 29.6 Å². The SMILES string of the molecule is CN=C(NCC(c1ccc(OC)c(OC)c1)N(C)C)N(C)Cc1ccccc1C. The number of nitrogens with one attached hydrogen (secondary N) is 1. The van der Waals surface area contributed by atoms with Crippen LogP contribution in [0.25, 0.3) is 0 Å². The zero-order chi connectivity index (χ0) is 21.4. The molecular weight excluding hydrogens is 364 g/mol. The fraction of sp³-hybridized carbons (Fsp3) is 0.435. The summed E-state index contributed by atoms with van der Waals surface area (Å²) in [5.74, 6) is 2.33. The summed E-state index contributed by atoms with van der Waals surface area (Å²) in [7, 11) is 11.3. The van der Waals surface area contributed by atoms with Crippen LogP contribution in [0.5, 0.6) is 11.5 Å². The second kappa shape index (κ2) is 10.7. The normalized spacial score (nSPS) is 12.6. The number of hydrogen-bond donors (Lipinski definition) is 1. The second-order valence-electron chi connectivity index (χ2n) is 7.30. The first-order valence-corrected chi connectivity index (χ1v) is 9.75. The van der Waals surface area contributed by atoms with Crippen molar-refractivity contribution in [3.8, 4) is 11.5 Å². The molecule has 1 N–H and O–H groups in total. The molecule has 0 saturated heterocycles. The van der Waals surface area contributed by atoms with Crippen molar-refractivity contribution in [1.82, 2.24) is 15.1 Å². The number of likely N-dealkylation sites (N-methyl/N-ethyl adjacent to an activating group) is 1. The van der Waals surface area contributed by atoms with Crippen LogP contribution in [0.3, 0.4) is 0 Å². The average molecular weight is 399 g/mol. The number of nitrogens with zero attached hydrogens (tertiary/aromatic N) is 3. The van der Waals surface area contributed by atoms with E-state index in [4.69, 9.17) is 9.47 Å². The molecule has 158 valence electrons. The third kappa shape index (κ3) is 5.87. The topological polar surface area (TPSA) is 49.3 Å². The van der Waals surface area contributed by atoms with Crippen molar-refractivity contribution in [2.24, 2.45) is 4.99 Å². The summed E-state index contributed by atoms with van der Waals surface area (Å²) in [6.07, 6.45) is 0. The summed E-state index contributed by atoms with van der Waals surface area (Å²) in [5, 5.41) is 3.52. The van der Waals surface area contributed by atoms with Crippen LogP contribution in [-0.4, -0.2) is 64.7 Å². The standard InChI is InChI=1S/C23H34N4O2/c1-17-10-8-9-11-19(17)16-27(5)23(24-2)25-15-20(26(3)4)18-12-13-21(28-6)22(14-18)29-7/h8-14,20H,15-16H2,1-7H3,(H,24,25). The number of ether oxygens (including phenoxy) is 2. The minimum Gasteiger partial charge on any atom is -0.493 e. The Hall–Kier alpha value is -2.73. The number of aryl methyl sites for hydroxylation is 1. The van der Waals surface area contributed by atoms with Crippen LogP contribution in [-0.2, 0) is 6.54 Å². The molecule has 6 nitrogen and oxygen atoms in total. The predicted octanol–water partition coefficient (Wildman–Crippen LogP) is 3.32. The molecule has 2 rings (SSSR count). The van der Waals surface area contributed by atoms with Crippen molar-refractivity contribution in [3.63, 3.8) is 0 Å². The Balaban J connectivity index is 2.11. The summed E-state index contributed by atoms with van der Waals surface area (Å²) < 4.78 is 10.8. The van der Waals surface area contributed by atoms with Gasteiger partial charge in [0.05, 0.1) is 20.3 Å². The Morgan fingerprint density at radius 1 is 1.03 bits per heavy atom. The van der Waals surface area contributed by atoms with Gasteiger partial charge in [-0.1, -0.05) is 30.3 Å². The van der Waals surface area contributed by atoms with Crippen LogP contribution >= 0.6 is 0 Å². The Morgan fingerprint density at radius 3 is 2.31 bits per heavy atom. The molecule has 0 spiro atoms. The maximum absolute atomic E-state index is 5.47. The fourth-order valence-electron chi connectivity index (χ4n) is 3.35. The summed E-state index contributed by atoms with van der Waals surface area (Å²) in [6.45, 7) is 3.65. The van der Waals surface area contributed by atoms with Gasteiger partial charge in [0.15, 0.2) is 17.5 Å². The summed E-state index contributed by atoms with van der Waals surface area (Å²) >= 11 is 0. The minimum absolute atomic E-state index is 0.151. The lowest BCUT2D eigenvalue weighted by atomic mass is 10.1. The smallest absolute Gasteiger partial charge is 0.193 e. The molecule has 1 atom stereocenters. The third-order valence-corrected chi connectivity index (χ3v) is 5.11. The largest absolute Gasteiger partial charge is 0.493 e. The third-order valence-electron chi connectivity index (χ3n) is 5.11. The zero-order valence-corrected chi connectivity index (χ0v) is 18.7. The Morgan fingerprint density at radius 2 is 1.72 bits per heavy atom. The zero-order valence-electron chi connectivity index (χ0n) is 18.7. The predicted molar refractivity (Wildman–Crippen MR) is 120 cm³/mol. The molecule has 0 aliphatic heterocycles. The highest BCUT2D eigenvalue weighted by atomic mass is 16.5. The number of hydrogen-bond acceptors (Lipinski definition) is 4. The van der Waals surface area contributed by atoms with E-state index in [2.05, 4.69) is 78.5 Å². The van der Waals surface area contributed by atoms with Gasteiger partial charge in [-0.3, -0.25) is 4.99 Å². The van der Waals surface area contributed by atoms with E-state index in [9.17, 15) is 0 Å². The highest BCUT2D eigenvalue weighted by Crippen LogP contribution is 2.31. The van der Waals surface area contributed by atoms with Gasteiger partial charge in [-0.25, -0.2) is 0 Å². The molecule has 0 aliphatic rings. The van der Waals surface area contributed by atoms with Gasteiger partial charge in [0, 0.05) is 27.2 Å². The van der Waals surface area contributed by atoms with Gasteiger partial charge in [0.2, 0.25) is 0 Å². The molecule has 0 bridgehead atoms. The minimum atomic E-state index is 0.151. The van der Waals surface area contributed by atoms with E-state index < -0.39 is 0 Å². The van der Waals surface area contributed by atoms with Gasteiger partial charge in [0.1, 0.15) is 0 Å². The number of guanidine groups is 1. The van der Waals surface area contributed by atoms with Crippen molar-refractivity contribution in [2.45, 2.75) is 19.5 Å². The summed E-state index contributed by atoms with van der Waals surface area (Å²) in [4.78, 5) is 8.79. The molecule has 0 radical (unpaired) electrons. The molecule has 0 aliphatic carbocycles. The fourth-order valence-corrected chi connectivity index (χ4v) is 3.35. The van der Waals surface area contributed by atoms with Gasteiger partial charge in [0.25, 0.3) is 0 Å². The molecule has 1 unspecified atom stereocenters. The van der Waals surface area contributed by atoms with E-state index in [1.807, 2.05) is 19.2 Å². The van der Waals surface area contributed by atoms with E-state index in [0.29, 0.717) is 6.54 Å². The lowest BCUT2D eigenvalue weighted by molar-refractivity contribution is 0.293. The first kappa shape index (κ1) is 22.6. The number of methoxy groups -OCH3 is 2. The molecule has 29 heavy (non-hydrogen) atoms. The van der Waals surface area contributed by atoms with Crippen LogP contribution in [0.15, 0.2) is 47.5 Å². The van der Waals surface area contributed by atoms with E-state index in [-0.39, 0.29) is 6.04 Å². The van der Waals surface area contributed by atoms with Crippen LogP contribution in [0, 0.1) is 6.92 Å². The number of benzene rings is 2. The number of rotatable bonds is 8. The van der Waals surface area contributed by atoms with Crippen molar-refractivity contribution in [3.05, 3.63) is 59.2 Å². The van der Waals surface area contributed by atoms with Crippen molar-refractivity contribution in [2.75, 3.05) is 49.0 Å². The second-order valence-corrected chi connectivity index (χ2v) is 7.30. The lowest BCUT2D eigenvalue weighted by Gasteiger charge is -2.29. The van der Waals surface area contributed by atoms with Crippen LogP contribution in [0.1, 0.15) is 22.7 Å². The molecule has 0 aromatic heterocycles. The van der Waals surface area contributed by atoms with Crippen molar-refractivity contribution >= 4 is 5.96 Å². The summed E-state index contributed by atoms with van der Waals surface area (Å²) in [5.41, 5.74) is 3.73. The van der Waals surface area contributed by atoms with Crippen LogP contribution in [0.2, 0.25) is 0 Å². The molecule has 0 saturated carbocycles. The average Bonchev–Trinajstić information content (AvgIpc) is 2.72. The number of aliphatic imine (C=N–C) groups is 1. The highest BCUT2D eigenvalue weighted by molar-refractivity contribution is 5.79. The van der Waals surface area contributed by atoms with Gasteiger partial charge < -0.3 is 24.6 Å². The van der Waals surface area contributed by atoms with Gasteiger partial charge in [-0.2, -0.15) is 0 Å². The first-order valence-electron chi connectivity index (χ1n) is 9.75. The maximum atomic E-state index is 5.47. The Labute approximate surface area is 175 Å². The maximum Gasteiger partial charge on any atom is 0.193 e. The first-order chi connectivity index (χ1) is 13.9. The van der Waals surface area contributed by atoms with E-state index >= 15 is 0 Å². The van der Waals surface area contributed by atoms with Crippen molar-refractivity contribution < 1.29 is 9.47 Å². The Kier molecular flexibility index (Phi) is 8.34. The Bertz CT molecular complexity index is 820. The van der Waals surface area contributed by atoms with Gasteiger partial charge in [-0.05, 0) is 49.8 Å². The molecule has 2 aromatic carbocycles. The van der Waals surface area contributed by atoms with Crippen molar-refractivity contribution in [1.29, 1.82) is 0 Å². The monoisotopic (exact) mass is 398 g/mol. The molecular formula is C23H34N4O2. The molecule has 0 amide bonds. The summed E-state index contributed by atoms with van der Waals surface area (Å²) in [6, 6.07) is 14.6. The van der Waals surface area contributed by atoms with Crippen LogP contribution in [0.4, 0.5) is 0 Å². The van der Waals surface area contributed by atoms with Gasteiger partial charge >= 0.3 is 0 Å². The van der Waals surface area contributed by atoms with E-state index in [1.165, 1.54) is 11.1 Å². The molecule has 0 fully saturated rings. The molecule has 2 aromatic rings. The molecule has 0 heterocycles. The lowest BCUT2D eigenvalue weighted by Crippen LogP contribution is -2.42. The van der Waals surface area contributed by atoms with E-state index in [1.54, 1.807) is 14.2 Å². The molecule has 6 heteroatoms. The van der Waals surface area contributed by atoms with Crippen LogP contribution < -0.4 is 14.8 Å². The quantitative estimate of drug-likeness (QED) is 0.546. The highest BCUT2D eigenvalue weighted by Gasteiger charge is 2.18. The van der Waals surface area contributed by atoms with Gasteiger partial charge in [-0.15, -0.1) is 0 Å².